The molecule has 2 rings (SSSR count). The highest BCUT2D eigenvalue weighted by Crippen LogP contribution is 2.27. The van der Waals surface area contributed by atoms with Gasteiger partial charge in [0.15, 0.2) is 0 Å². The van der Waals surface area contributed by atoms with Crippen molar-refractivity contribution in [3.63, 3.8) is 0 Å². The number of aromatic nitrogens is 1. The van der Waals surface area contributed by atoms with E-state index >= 15 is 0 Å². The van der Waals surface area contributed by atoms with E-state index in [0.717, 1.165) is 15.9 Å². The second-order valence-corrected chi connectivity index (χ2v) is 5.40. The fourth-order valence-corrected chi connectivity index (χ4v) is 2.32. The van der Waals surface area contributed by atoms with Crippen molar-refractivity contribution in [3.05, 3.63) is 35.5 Å². The quantitative estimate of drug-likeness (QED) is 0.796. The lowest BCUT2D eigenvalue weighted by Crippen LogP contribution is -2.30. The number of rotatable bonds is 3. The number of hydrogen-bond donors (Lipinski definition) is 0. The molecule has 1 aromatic carbocycles. The number of esters is 1. The van der Waals surface area contributed by atoms with Gasteiger partial charge < -0.3 is 9.30 Å². The van der Waals surface area contributed by atoms with E-state index in [1.165, 1.54) is 7.11 Å². The number of methoxy groups -OCH3 is 1. The largest absolute Gasteiger partial charge is 0.469 e. The Kier molecular flexibility index (Phi) is 3.35. The number of halogens is 1. The number of ether oxygens (including phenoxy) is 1. The number of carbonyl (C=O) groups excluding carboxylic acids is 1. The molecular formula is C14H16ClNO2. The standard InChI is InChI=1S/C14H16ClNO2/c1-14(2,13(17)18-3)9-16-8-7-10-11(15)5-4-6-12(10)16/h4-8H,9H2,1-3H3. The Morgan fingerprint density at radius 1 is 1.39 bits per heavy atom. The van der Waals surface area contributed by atoms with E-state index < -0.39 is 5.41 Å². The predicted molar refractivity (Wildman–Crippen MR) is 72.7 cm³/mol. The zero-order valence-electron chi connectivity index (χ0n) is 10.7. The fourth-order valence-electron chi connectivity index (χ4n) is 2.09. The average Bonchev–Trinajstić information content (AvgIpc) is 2.72. The molecule has 96 valence electrons. The van der Waals surface area contributed by atoms with Crippen LogP contribution in [0.5, 0.6) is 0 Å². The summed E-state index contributed by atoms with van der Waals surface area (Å²) in [6, 6.07) is 7.73. The highest BCUT2D eigenvalue weighted by atomic mass is 35.5. The van der Waals surface area contributed by atoms with Gasteiger partial charge in [-0.3, -0.25) is 4.79 Å². The number of hydrogen-bond acceptors (Lipinski definition) is 2. The lowest BCUT2D eigenvalue weighted by atomic mass is 9.93. The summed E-state index contributed by atoms with van der Waals surface area (Å²) < 4.78 is 6.85. The van der Waals surface area contributed by atoms with Crippen LogP contribution >= 0.6 is 11.6 Å². The van der Waals surface area contributed by atoms with Gasteiger partial charge in [0.2, 0.25) is 0 Å². The molecule has 0 aliphatic carbocycles. The van der Waals surface area contributed by atoms with Crippen LogP contribution in [0.3, 0.4) is 0 Å². The van der Waals surface area contributed by atoms with Crippen molar-refractivity contribution in [2.24, 2.45) is 5.41 Å². The SMILES string of the molecule is COC(=O)C(C)(C)Cn1ccc2c(Cl)cccc21. The minimum absolute atomic E-state index is 0.216. The third kappa shape index (κ3) is 2.23. The molecule has 0 N–H and O–H groups in total. The summed E-state index contributed by atoms with van der Waals surface area (Å²) in [7, 11) is 1.41. The zero-order valence-corrected chi connectivity index (χ0v) is 11.5. The van der Waals surface area contributed by atoms with Crippen LogP contribution in [0.2, 0.25) is 5.02 Å². The molecular weight excluding hydrogens is 250 g/mol. The summed E-state index contributed by atoms with van der Waals surface area (Å²) in [5, 5.41) is 1.72. The van der Waals surface area contributed by atoms with E-state index in [9.17, 15) is 4.79 Å². The molecule has 0 spiro atoms. The Labute approximate surface area is 111 Å². The molecule has 0 radical (unpaired) electrons. The Morgan fingerprint density at radius 2 is 2.11 bits per heavy atom. The highest BCUT2D eigenvalue weighted by molar-refractivity contribution is 6.35. The molecule has 1 heterocycles. The van der Waals surface area contributed by atoms with Gasteiger partial charge in [-0.1, -0.05) is 17.7 Å². The molecule has 1 aromatic heterocycles. The molecule has 0 aliphatic rings. The summed E-state index contributed by atoms with van der Waals surface area (Å²) in [6.45, 7) is 4.30. The highest BCUT2D eigenvalue weighted by Gasteiger charge is 2.29. The summed E-state index contributed by atoms with van der Waals surface area (Å²) >= 11 is 6.13. The third-order valence-corrected chi connectivity index (χ3v) is 3.39. The van der Waals surface area contributed by atoms with Crippen molar-refractivity contribution in [2.75, 3.05) is 7.11 Å². The zero-order chi connectivity index (χ0) is 13.3. The van der Waals surface area contributed by atoms with Gasteiger partial charge in [-0.15, -0.1) is 0 Å². The van der Waals surface area contributed by atoms with Crippen molar-refractivity contribution >= 4 is 28.5 Å². The van der Waals surface area contributed by atoms with Crippen molar-refractivity contribution in [3.8, 4) is 0 Å². The monoisotopic (exact) mass is 265 g/mol. The van der Waals surface area contributed by atoms with E-state index in [1.807, 2.05) is 48.9 Å². The first-order valence-corrected chi connectivity index (χ1v) is 6.15. The van der Waals surface area contributed by atoms with E-state index in [-0.39, 0.29) is 5.97 Å². The average molecular weight is 266 g/mol. The van der Waals surface area contributed by atoms with Crippen LogP contribution in [0, 0.1) is 5.41 Å². The van der Waals surface area contributed by atoms with Crippen molar-refractivity contribution in [1.82, 2.24) is 4.57 Å². The maximum absolute atomic E-state index is 11.7. The van der Waals surface area contributed by atoms with Gasteiger partial charge in [0.1, 0.15) is 0 Å². The normalized spacial score (nSPS) is 11.8. The molecule has 0 bridgehead atoms. The topological polar surface area (TPSA) is 31.2 Å². The maximum atomic E-state index is 11.7. The predicted octanol–water partition coefficient (Wildman–Crippen LogP) is 3.49. The molecule has 2 aromatic rings. The maximum Gasteiger partial charge on any atom is 0.313 e. The molecule has 0 saturated carbocycles. The summed E-state index contributed by atoms with van der Waals surface area (Å²) in [5.41, 5.74) is 0.461. The number of fused-ring (bicyclic) bond motifs is 1. The van der Waals surface area contributed by atoms with Gasteiger partial charge in [0.25, 0.3) is 0 Å². The third-order valence-electron chi connectivity index (χ3n) is 3.06. The second-order valence-electron chi connectivity index (χ2n) is 4.99. The van der Waals surface area contributed by atoms with Crippen LogP contribution in [0.25, 0.3) is 10.9 Å². The first-order valence-electron chi connectivity index (χ1n) is 5.77. The molecule has 0 saturated heterocycles. The molecule has 0 fully saturated rings. The molecule has 18 heavy (non-hydrogen) atoms. The van der Waals surface area contributed by atoms with Gasteiger partial charge in [-0.05, 0) is 32.0 Å². The van der Waals surface area contributed by atoms with Crippen molar-refractivity contribution in [2.45, 2.75) is 20.4 Å². The molecule has 0 unspecified atom stereocenters. The summed E-state index contributed by atoms with van der Waals surface area (Å²) in [6.07, 6.45) is 1.95. The van der Waals surface area contributed by atoms with Crippen molar-refractivity contribution in [1.29, 1.82) is 0 Å². The van der Waals surface area contributed by atoms with E-state index in [2.05, 4.69) is 0 Å². The molecule has 3 nitrogen and oxygen atoms in total. The lowest BCUT2D eigenvalue weighted by molar-refractivity contribution is -0.151. The smallest absolute Gasteiger partial charge is 0.313 e. The van der Waals surface area contributed by atoms with Gasteiger partial charge in [-0.25, -0.2) is 0 Å². The Bertz CT molecular complexity index is 586. The van der Waals surface area contributed by atoms with Crippen LogP contribution in [0.15, 0.2) is 30.5 Å². The number of nitrogens with zero attached hydrogens (tertiary/aromatic N) is 1. The van der Waals surface area contributed by atoms with Crippen molar-refractivity contribution < 1.29 is 9.53 Å². The molecule has 0 atom stereocenters. The van der Waals surface area contributed by atoms with E-state index in [4.69, 9.17) is 16.3 Å². The number of benzene rings is 1. The summed E-state index contributed by atoms with van der Waals surface area (Å²) in [4.78, 5) is 11.7. The van der Waals surface area contributed by atoms with Crippen LogP contribution in [0.4, 0.5) is 0 Å². The Morgan fingerprint density at radius 3 is 2.78 bits per heavy atom. The van der Waals surface area contributed by atoms with Crippen LogP contribution in [-0.4, -0.2) is 17.6 Å². The van der Waals surface area contributed by atoms with Gasteiger partial charge >= 0.3 is 5.97 Å². The first-order chi connectivity index (χ1) is 8.45. The molecule has 0 amide bonds. The van der Waals surface area contributed by atoms with Gasteiger partial charge in [-0.2, -0.15) is 0 Å². The summed E-state index contributed by atoms with van der Waals surface area (Å²) in [5.74, 6) is -0.216. The number of carbonyl (C=O) groups is 1. The van der Waals surface area contributed by atoms with E-state index in [1.54, 1.807) is 0 Å². The minimum atomic E-state index is -0.566. The van der Waals surface area contributed by atoms with Gasteiger partial charge in [0.05, 0.1) is 12.5 Å². The Balaban J connectivity index is 2.39. The lowest BCUT2D eigenvalue weighted by Gasteiger charge is -2.22. The van der Waals surface area contributed by atoms with Crippen LogP contribution in [0.1, 0.15) is 13.8 Å². The first kappa shape index (κ1) is 13.0. The fraction of sp³-hybridized carbons (Fsp3) is 0.357. The minimum Gasteiger partial charge on any atom is -0.469 e. The second kappa shape index (κ2) is 4.65. The molecule has 0 aliphatic heterocycles. The molecule has 4 heteroatoms. The van der Waals surface area contributed by atoms with Crippen LogP contribution < -0.4 is 0 Å². The van der Waals surface area contributed by atoms with Gasteiger partial charge in [0, 0.05) is 28.7 Å². The van der Waals surface area contributed by atoms with E-state index in [0.29, 0.717) is 6.54 Å². The van der Waals surface area contributed by atoms with Crippen LogP contribution in [-0.2, 0) is 16.1 Å². The Hall–Kier alpha value is -1.48.